The van der Waals surface area contributed by atoms with Crippen molar-refractivity contribution in [3.63, 3.8) is 0 Å². The van der Waals surface area contributed by atoms with Crippen molar-refractivity contribution in [3.8, 4) is 0 Å². The van der Waals surface area contributed by atoms with E-state index in [1.54, 1.807) is 0 Å². The van der Waals surface area contributed by atoms with E-state index in [0.717, 1.165) is 30.0 Å². The van der Waals surface area contributed by atoms with Gasteiger partial charge in [0.1, 0.15) is 0 Å². The van der Waals surface area contributed by atoms with E-state index in [4.69, 9.17) is 0 Å². The zero-order valence-corrected chi connectivity index (χ0v) is 10.2. The molecule has 0 aromatic carbocycles. The molecule has 2 fully saturated rings. The van der Waals surface area contributed by atoms with Crippen LogP contribution < -0.4 is 0 Å². The summed E-state index contributed by atoms with van der Waals surface area (Å²) in [6.07, 6.45) is 5.74. The standard InChI is InChI=1S/C13H25N/c1-5-6-12-11-7-10(4)8-13(11)14(12)9(2)3/h9-13H,5-8H2,1-4H3. The van der Waals surface area contributed by atoms with Gasteiger partial charge in [0.15, 0.2) is 0 Å². The predicted octanol–water partition coefficient (Wildman–Crippen LogP) is 3.29. The summed E-state index contributed by atoms with van der Waals surface area (Å²) >= 11 is 0. The average molecular weight is 195 g/mol. The molecule has 0 N–H and O–H groups in total. The van der Waals surface area contributed by atoms with Crippen molar-refractivity contribution in [2.45, 2.75) is 71.5 Å². The molecule has 82 valence electrons. The van der Waals surface area contributed by atoms with E-state index in [1.165, 1.54) is 25.7 Å². The van der Waals surface area contributed by atoms with Gasteiger partial charge >= 0.3 is 0 Å². The fraction of sp³-hybridized carbons (Fsp3) is 1.00. The van der Waals surface area contributed by atoms with Crippen molar-refractivity contribution in [1.82, 2.24) is 4.90 Å². The molecule has 0 amide bonds. The zero-order valence-electron chi connectivity index (χ0n) is 10.2. The van der Waals surface area contributed by atoms with E-state index in [2.05, 4.69) is 32.6 Å². The van der Waals surface area contributed by atoms with Crippen molar-refractivity contribution in [1.29, 1.82) is 0 Å². The zero-order chi connectivity index (χ0) is 10.3. The molecule has 0 spiro atoms. The molecule has 0 radical (unpaired) electrons. The van der Waals surface area contributed by atoms with Gasteiger partial charge < -0.3 is 0 Å². The van der Waals surface area contributed by atoms with Gasteiger partial charge in [-0.25, -0.2) is 0 Å². The summed E-state index contributed by atoms with van der Waals surface area (Å²) in [7, 11) is 0. The summed E-state index contributed by atoms with van der Waals surface area (Å²) in [6.45, 7) is 9.48. The molecule has 1 aliphatic carbocycles. The van der Waals surface area contributed by atoms with Crippen LogP contribution in [0.3, 0.4) is 0 Å². The molecule has 1 saturated heterocycles. The second-order valence-electron chi connectivity index (χ2n) is 5.70. The molecule has 0 bridgehead atoms. The van der Waals surface area contributed by atoms with E-state index in [0.29, 0.717) is 0 Å². The average Bonchev–Trinajstić information content (AvgIpc) is 2.40. The predicted molar refractivity (Wildman–Crippen MR) is 61.3 cm³/mol. The van der Waals surface area contributed by atoms with E-state index in [1.807, 2.05) is 0 Å². The van der Waals surface area contributed by atoms with Crippen LogP contribution in [0.15, 0.2) is 0 Å². The largest absolute Gasteiger partial charge is 0.294 e. The Balaban J connectivity index is 2.02. The van der Waals surface area contributed by atoms with Gasteiger partial charge in [-0.2, -0.15) is 0 Å². The van der Waals surface area contributed by atoms with Gasteiger partial charge in [-0.3, -0.25) is 4.90 Å². The first-order chi connectivity index (χ1) is 6.65. The van der Waals surface area contributed by atoms with Gasteiger partial charge in [0.25, 0.3) is 0 Å². The SMILES string of the molecule is CCCC1C2CC(C)CC2N1C(C)C. The Morgan fingerprint density at radius 2 is 2.00 bits per heavy atom. The molecule has 2 aliphatic rings. The van der Waals surface area contributed by atoms with Crippen molar-refractivity contribution >= 4 is 0 Å². The lowest BCUT2D eigenvalue weighted by molar-refractivity contribution is -0.0652. The molecular formula is C13H25N. The third-order valence-corrected chi connectivity index (χ3v) is 4.25. The first-order valence-corrected chi connectivity index (χ1v) is 6.42. The van der Waals surface area contributed by atoms with Gasteiger partial charge in [0.2, 0.25) is 0 Å². The van der Waals surface area contributed by atoms with E-state index >= 15 is 0 Å². The number of hydrogen-bond acceptors (Lipinski definition) is 1. The van der Waals surface area contributed by atoms with Crippen LogP contribution >= 0.6 is 0 Å². The van der Waals surface area contributed by atoms with Gasteiger partial charge in [-0.1, -0.05) is 20.3 Å². The molecule has 14 heavy (non-hydrogen) atoms. The monoisotopic (exact) mass is 195 g/mol. The van der Waals surface area contributed by atoms with E-state index < -0.39 is 0 Å². The molecule has 4 atom stereocenters. The van der Waals surface area contributed by atoms with Crippen molar-refractivity contribution in [2.24, 2.45) is 11.8 Å². The Morgan fingerprint density at radius 1 is 1.29 bits per heavy atom. The maximum absolute atomic E-state index is 2.79. The Bertz CT molecular complexity index is 199. The minimum absolute atomic E-state index is 0.762. The number of nitrogens with zero attached hydrogens (tertiary/aromatic N) is 1. The van der Waals surface area contributed by atoms with Crippen LogP contribution in [0.4, 0.5) is 0 Å². The van der Waals surface area contributed by atoms with Crippen LogP contribution in [-0.2, 0) is 0 Å². The molecule has 1 saturated carbocycles. The van der Waals surface area contributed by atoms with Gasteiger partial charge in [0.05, 0.1) is 0 Å². The molecule has 0 aromatic rings. The third kappa shape index (κ3) is 1.50. The third-order valence-electron chi connectivity index (χ3n) is 4.25. The van der Waals surface area contributed by atoms with Gasteiger partial charge in [0, 0.05) is 18.1 Å². The Labute approximate surface area is 88.9 Å². The van der Waals surface area contributed by atoms with E-state index in [9.17, 15) is 0 Å². The maximum Gasteiger partial charge on any atom is 0.0147 e. The molecule has 4 unspecified atom stereocenters. The van der Waals surface area contributed by atoms with Crippen LogP contribution in [0.25, 0.3) is 0 Å². The van der Waals surface area contributed by atoms with Crippen LogP contribution in [0.5, 0.6) is 0 Å². The van der Waals surface area contributed by atoms with Gasteiger partial charge in [-0.15, -0.1) is 0 Å². The van der Waals surface area contributed by atoms with Crippen molar-refractivity contribution in [2.75, 3.05) is 0 Å². The summed E-state index contributed by atoms with van der Waals surface area (Å²) in [4.78, 5) is 2.79. The molecular weight excluding hydrogens is 170 g/mol. The molecule has 1 aliphatic heterocycles. The first-order valence-electron chi connectivity index (χ1n) is 6.42. The van der Waals surface area contributed by atoms with Gasteiger partial charge in [-0.05, 0) is 44.9 Å². The summed E-state index contributed by atoms with van der Waals surface area (Å²) in [5.74, 6) is 2.03. The maximum atomic E-state index is 2.79. The highest BCUT2D eigenvalue weighted by atomic mass is 15.3. The Kier molecular flexibility index (Phi) is 2.88. The summed E-state index contributed by atoms with van der Waals surface area (Å²) in [6, 6.07) is 2.63. The van der Waals surface area contributed by atoms with Crippen molar-refractivity contribution in [3.05, 3.63) is 0 Å². The summed E-state index contributed by atoms with van der Waals surface area (Å²) in [5.41, 5.74) is 0. The summed E-state index contributed by atoms with van der Waals surface area (Å²) in [5, 5.41) is 0. The van der Waals surface area contributed by atoms with Crippen molar-refractivity contribution < 1.29 is 0 Å². The lowest BCUT2D eigenvalue weighted by Crippen LogP contribution is -2.63. The lowest BCUT2D eigenvalue weighted by atomic mass is 9.78. The highest BCUT2D eigenvalue weighted by molar-refractivity contribution is 5.06. The molecule has 2 rings (SSSR count). The Morgan fingerprint density at radius 3 is 2.57 bits per heavy atom. The van der Waals surface area contributed by atoms with Crippen LogP contribution in [0.1, 0.15) is 53.4 Å². The first kappa shape index (κ1) is 10.5. The van der Waals surface area contributed by atoms with Crippen LogP contribution in [0.2, 0.25) is 0 Å². The molecule has 1 heterocycles. The quantitative estimate of drug-likeness (QED) is 0.668. The minimum atomic E-state index is 0.762. The molecule has 1 nitrogen and oxygen atoms in total. The number of rotatable bonds is 3. The van der Waals surface area contributed by atoms with Crippen LogP contribution in [0, 0.1) is 11.8 Å². The molecule has 0 aromatic heterocycles. The Hall–Kier alpha value is -0.0400. The second-order valence-corrected chi connectivity index (χ2v) is 5.70. The fourth-order valence-corrected chi connectivity index (χ4v) is 3.85. The highest BCUT2D eigenvalue weighted by Crippen LogP contribution is 2.49. The fourth-order valence-electron chi connectivity index (χ4n) is 3.85. The smallest absolute Gasteiger partial charge is 0.0147 e. The summed E-state index contributed by atoms with van der Waals surface area (Å²) < 4.78 is 0. The molecule has 1 heteroatoms. The normalized spacial score (nSPS) is 42.6. The number of likely N-dealkylation sites (tertiary alicyclic amines) is 1. The van der Waals surface area contributed by atoms with Crippen LogP contribution in [-0.4, -0.2) is 23.0 Å². The second kappa shape index (κ2) is 3.84. The number of fused-ring (bicyclic) bond motifs is 1. The topological polar surface area (TPSA) is 3.24 Å². The lowest BCUT2D eigenvalue weighted by Gasteiger charge is -2.55. The van der Waals surface area contributed by atoms with E-state index in [-0.39, 0.29) is 0 Å². The number of hydrogen-bond donors (Lipinski definition) is 0. The minimum Gasteiger partial charge on any atom is -0.294 e. The highest BCUT2D eigenvalue weighted by Gasteiger charge is 2.52.